The molecule has 0 saturated carbocycles. The summed E-state index contributed by atoms with van der Waals surface area (Å²) in [4.78, 5) is 0. The second-order valence-corrected chi connectivity index (χ2v) is 5.58. The number of hydrogen-bond donors (Lipinski definition) is 0. The highest BCUT2D eigenvalue weighted by Crippen LogP contribution is 2.48. The molecular weight excluding hydrogens is 216 g/mol. The zero-order valence-corrected chi connectivity index (χ0v) is 11.0. The molecule has 0 heteroatoms. The first kappa shape index (κ1) is 11.1. The summed E-state index contributed by atoms with van der Waals surface area (Å²) in [6.45, 7) is 6.70. The van der Waals surface area contributed by atoms with E-state index in [1.54, 1.807) is 0 Å². The summed E-state index contributed by atoms with van der Waals surface area (Å²) < 4.78 is 0. The Balaban J connectivity index is 2.35. The van der Waals surface area contributed by atoms with E-state index < -0.39 is 0 Å². The maximum atomic E-state index is 5.51. The fourth-order valence-electron chi connectivity index (χ4n) is 2.94. The highest BCUT2D eigenvalue weighted by Gasteiger charge is 2.35. The van der Waals surface area contributed by atoms with Gasteiger partial charge in [-0.2, -0.15) is 0 Å². The second-order valence-electron chi connectivity index (χ2n) is 5.58. The van der Waals surface area contributed by atoms with E-state index in [0.29, 0.717) is 0 Å². The molecule has 18 heavy (non-hydrogen) atoms. The molecule has 88 valence electrons. The van der Waals surface area contributed by atoms with Crippen molar-refractivity contribution in [3.8, 4) is 23.5 Å². The Morgan fingerprint density at radius 2 is 1.56 bits per heavy atom. The summed E-state index contributed by atoms with van der Waals surface area (Å²) in [5.41, 5.74) is 7.75. The first-order valence-corrected chi connectivity index (χ1v) is 6.26. The van der Waals surface area contributed by atoms with Crippen LogP contribution in [0.25, 0.3) is 11.1 Å². The average molecular weight is 232 g/mol. The minimum Gasteiger partial charge on any atom is -0.115 e. The van der Waals surface area contributed by atoms with Crippen molar-refractivity contribution >= 4 is 0 Å². The minimum atomic E-state index is 0.0452. The van der Waals surface area contributed by atoms with E-state index in [1.165, 1.54) is 27.8 Å². The summed E-state index contributed by atoms with van der Waals surface area (Å²) in [6.07, 6.45) is 5.51. The van der Waals surface area contributed by atoms with Crippen LogP contribution in [0.1, 0.15) is 36.1 Å². The molecule has 0 aromatic heterocycles. The minimum absolute atomic E-state index is 0.0452. The van der Waals surface area contributed by atoms with Gasteiger partial charge in [-0.15, -0.1) is 6.42 Å². The Bertz CT molecular complexity index is 682. The molecule has 0 aliphatic heterocycles. The van der Waals surface area contributed by atoms with E-state index in [2.05, 4.69) is 57.0 Å². The van der Waals surface area contributed by atoms with Crippen molar-refractivity contribution < 1.29 is 0 Å². The van der Waals surface area contributed by atoms with E-state index in [-0.39, 0.29) is 5.41 Å². The Morgan fingerprint density at radius 1 is 0.944 bits per heavy atom. The van der Waals surface area contributed by atoms with Crippen LogP contribution in [0.4, 0.5) is 0 Å². The molecule has 0 N–H and O–H groups in total. The van der Waals surface area contributed by atoms with Crippen LogP contribution in [0.5, 0.6) is 0 Å². The summed E-state index contributed by atoms with van der Waals surface area (Å²) in [5, 5.41) is 0. The van der Waals surface area contributed by atoms with E-state index in [4.69, 9.17) is 6.42 Å². The maximum absolute atomic E-state index is 5.51. The van der Waals surface area contributed by atoms with Gasteiger partial charge < -0.3 is 0 Å². The number of aryl methyl sites for hydroxylation is 1. The fourth-order valence-corrected chi connectivity index (χ4v) is 2.94. The van der Waals surface area contributed by atoms with E-state index in [9.17, 15) is 0 Å². The number of rotatable bonds is 0. The molecule has 0 bridgehead atoms. The van der Waals surface area contributed by atoms with Crippen molar-refractivity contribution in [2.45, 2.75) is 26.2 Å². The van der Waals surface area contributed by atoms with Crippen molar-refractivity contribution in [1.29, 1.82) is 0 Å². The molecule has 0 radical (unpaired) electrons. The Morgan fingerprint density at radius 3 is 2.22 bits per heavy atom. The first-order valence-electron chi connectivity index (χ1n) is 6.26. The average Bonchev–Trinajstić information content (AvgIpc) is 2.58. The van der Waals surface area contributed by atoms with Gasteiger partial charge in [0, 0.05) is 11.0 Å². The molecule has 0 unspecified atom stereocenters. The third-order valence-corrected chi connectivity index (χ3v) is 4.00. The number of benzene rings is 2. The van der Waals surface area contributed by atoms with Crippen molar-refractivity contribution in [2.24, 2.45) is 0 Å². The highest BCUT2D eigenvalue weighted by molar-refractivity contribution is 5.81. The molecule has 1 aliphatic carbocycles. The van der Waals surface area contributed by atoms with Crippen LogP contribution in [0.15, 0.2) is 36.4 Å². The van der Waals surface area contributed by atoms with Crippen LogP contribution in [0, 0.1) is 19.3 Å². The van der Waals surface area contributed by atoms with Gasteiger partial charge in [-0.05, 0) is 41.3 Å². The van der Waals surface area contributed by atoms with Crippen molar-refractivity contribution in [1.82, 2.24) is 0 Å². The monoisotopic (exact) mass is 232 g/mol. The lowest BCUT2D eigenvalue weighted by atomic mass is 9.81. The molecule has 0 nitrogen and oxygen atoms in total. The molecule has 0 atom stereocenters. The van der Waals surface area contributed by atoms with Gasteiger partial charge in [-0.3, -0.25) is 0 Å². The zero-order chi connectivity index (χ0) is 12.9. The Hall–Kier alpha value is -2.00. The van der Waals surface area contributed by atoms with Gasteiger partial charge in [0.15, 0.2) is 0 Å². The number of fused-ring (bicyclic) bond motifs is 3. The molecule has 3 rings (SSSR count). The summed E-state index contributed by atoms with van der Waals surface area (Å²) in [5.74, 6) is 2.73. The Labute approximate surface area is 109 Å². The third-order valence-electron chi connectivity index (χ3n) is 4.00. The summed E-state index contributed by atoms with van der Waals surface area (Å²) >= 11 is 0. The predicted molar refractivity (Wildman–Crippen MR) is 76.7 cm³/mol. The molecule has 2 aromatic rings. The van der Waals surface area contributed by atoms with Crippen LogP contribution < -0.4 is 0 Å². The molecule has 0 spiro atoms. The highest BCUT2D eigenvalue weighted by atomic mass is 14.4. The number of terminal acetylenes is 1. The van der Waals surface area contributed by atoms with Crippen molar-refractivity contribution in [3.05, 3.63) is 58.7 Å². The summed E-state index contributed by atoms with van der Waals surface area (Å²) in [6, 6.07) is 13.1. The van der Waals surface area contributed by atoms with Gasteiger partial charge in [0.05, 0.1) is 0 Å². The van der Waals surface area contributed by atoms with Crippen LogP contribution in [-0.4, -0.2) is 0 Å². The fraction of sp³-hybridized carbons (Fsp3) is 0.222. The van der Waals surface area contributed by atoms with Crippen LogP contribution >= 0.6 is 0 Å². The maximum Gasteiger partial charge on any atom is 0.0246 e. The molecule has 1 aliphatic rings. The van der Waals surface area contributed by atoms with Crippen LogP contribution in [0.2, 0.25) is 0 Å². The van der Waals surface area contributed by atoms with E-state index >= 15 is 0 Å². The molecule has 2 aromatic carbocycles. The van der Waals surface area contributed by atoms with Crippen LogP contribution in [-0.2, 0) is 5.41 Å². The molecule has 0 amide bonds. The van der Waals surface area contributed by atoms with Crippen LogP contribution in [0.3, 0.4) is 0 Å². The van der Waals surface area contributed by atoms with Gasteiger partial charge in [0.25, 0.3) is 0 Å². The molecule has 0 saturated heterocycles. The lowest BCUT2D eigenvalue weighted by molar-refractivity contribution is 0.659. The lowest BCUT2D eigenvalue weighted by Crippen LogP contribution is -2.15. The summed E-state index contributed by atoms with van der Waals surface area (Å²) in [7, 11) is 0. The SMILES string of the molecule is C#Cc1ccc2c(c1)C(C)(C)c1cc(C)ccc1-2. The lowest BCUT2D eigenvalue weighted by Gasteiger charge is -2.21. The Kier molecular flexibility index (Phi) is 2.16. The molecular formula is C18H16. The third kappa shape index (κ3) is 1.34. The number of hydrogen-bond acceptors (Lipinski definition) is 0. The smallest absolute Gasteiger partial charge is 0.0246 e. The topological polar surface area (TPSA) is 0 Å². The zero-order valence-electron chi connectivity index (χ0n) is 11.0. The van der Waals surface area contributed by atoms with E-state index in [0.717, 1.165) is 5.56 Å². The second kappa shape index (κ2) is 3.50. The predicted octanol–water partition coefficient (Wildman–Crippen LogP) is 4.28. The van der Waals surface area contributed by atoms with Gasteiger partial charge in [0.1, 0.15) is 0 Å². The normalized spacial score (nSPS) is 14.8. The van der Waals surface area contributed by atoms with Crippen molar-refractivity contribution in [2.75, 3.05) is 0 Å². The van der Waals surface area contributed by atoms with Gasteiger partial charge in [0.2, 0.25) is 0 Å². The standard InChI is InChI=1S/C18H16/c1-5-13-7-9-15-14-8-6-12(2)10-16(14)18(3,4)17(15)11-13/h1,6-11H,2-4H3. The van der Waals surface area contributed by atoms with Gasteiger partial charge in [-0.1, -0.05) is 49.6 Å². The van der Waals surface area contributed by atoms with E-state index in [1.807, 2.05) is 6.07 Å². The quantitative estimate of drug-likeness (QED) is 0.595. The van der Waals surface area contributed by atoms with Gasteiger partial charge in [-0.25, -0.2) is 0 Å². The largest absolute Gasteiger partial charge is 0.115 e. The van der Waals surface area contributed by atoms with Gasteiger partial charge >= 0.3 is 0 Å². The molecule has 0 fully saturated rings. The molecule has 0 heterocycles. The first-order chi connectivity index (χ1) is 8.54. The van der Waals surface area contributed by atoms with Crippen molar-refractivity contribution in [3.63, 3.8) is 0 Å².